The molecule has 0 spiro atoms. The summed E-state index contributed by atoms with van der Waals surface area (Å²) in [4.78, 5) is 14.9. The number of tetrazole rings is 1. The van der Waals surface area contributed by atoms with Gasteiger partial charge in [0.25, 0.3) is 0 Å². The van der Waals surface area contributed by atoms with Crippen molar-refractivity contribution in [1.82, 2.24) is 36.0 Å². The van der Waals surface area contributed by atoms with E-state index in [1.165, 1.54) is 12.8 Å². The number of hydrazine groups is 1. The van der Waals surface area contributed by atoms with Crippen LogP contribution in [0.4, 0.5) is 0 Å². The van der Waals surface area contributed by atoms with Crippen LogP contribution in [0.2, 0.25) is 0 Å². The van der Waals surface area contributed by atoms with Crippen molar-refractivity contribution in [2.75, 3.05) is 19.6 Å². The normalized spacial score (nSPS) is 25.7. The van der Waals surface area contributed by atoms with Gasteiger partial charge in [-0.2, -0.15) is 0 Å². The molecule has 2 aromatic rings. The Labute approximate surface area is 159 Å². The number of benzene rings is 1. The predicted octanol–water partition coefficient (Wildman–Crippen LogP) is 0.946. The van der Waals surface area contributed by atoms with Crippen molar-refractivity contribution in [3.63, 3.8) is 0 Å². The van der Waals surface area contributed by atoms with Crippen molar-refractivity contribution in [3.8, 4) is 5.69 Å². The fraction of sp³-hybridized carbons (Fsp3) is 0.579. The highest BCUT2D eigenvalue weighted by atomic mass is 16.2. The van der Waals surface area contributed by atoms with E-state index in [1.54, 1.807) is 11.0 Å². The molecule has 1 aromatic heterocycles. The molecule has 0 saturated carbocycles. The number of likely N-dealkylation sites (tertiary alicyclic amines) is 1. The summed E-state index contributed by atoms with van der Waals surface area (Å²) < 4.78 is 1.60. The Morgan fingerprint density at radius 3 is 2.89 bits per heavy atom. The zero-order valence-electron chi connectivity index (χ0n) is 15.7. The van der Waals surface area contributed by atoms with Crippen LogP contribution in [0.15, 0.2) is 30.6 Å². The van der Waals surface area contributed by atoms with E-state index >= 15 is 0 Å². The molecule has 1 amide bonds. The molecule has 8 heteroatoms. The molecule has 144 valence electrons. The summed E-state index contributed by atoms with van der Waals surface area (Å²) in [5.74, 6) is 1.41. The van der Waals surface area contributed by atoms with Gasteiger partial charge in [-0.3, -0.25) is 15.6 Å². The third kappa shape index (κ3) is 4.01. The number of hydrogen-bond donors (Lipinski definition) is 2. The molecular weight excluding hydrogens is 342 g/mol. The summed E-state index contributed by atoms with van der Waals surface area (Å²) >= 11 is 0. The number of aromatic nitrogens is 4. The lowest BCUT2D eigenvalue weighted by molar-refractivity contribution is -0.132. The smallest absolute Gasteiger partial charge is 0.226 e. The quantitative estimate of drug-likeness (QED) is 0.816. The number of carbonyl (C=O) groups excluding carboxylic acids is 1. The molecule has 0 radical (unpaired) electrons. The maximum atomic E-state index is 12.8. The molecule has 1 aromatic carbocycles. The van der Waals surface area contributed by atoms with Crippen molar-refractivity contribution in [1.29, 1.82) is 0 Å². The Hall–Kier alpha value is -2.32. The molecule has 3 unspecified atom stereocenters. The molecule has 0 bridgehead atoms. The van der Waals surface area contributed by atoms with Crippen LogP contribution in [0.25, 0.3) is 5.69 Å². The van der Waals surface area contributed by atoms with Crippen molar-refractivity contribution in [2.45, 2.75) is 38.6 Å². The number of carbonyl (C=O) groups is 1. The van der Waals surface area contributed by atoms with Gasteiger partial charge in [-0.1, -0.05) is 25.5 Å². The largest absolute Gasteiger partial charge is 0.342 e. The van der Waals surface area contributed by atoms with E-state index in [2.05, 4.69) is 38.2 Å². The maximum absolute atomic E-state index is 12.8. The molecule has 8 nitrogen and oxygen atoms in total. The van der Waals surface area contributed by atoms with Gasteiger partial charge in [-0.15, -0.1) is 5.10 Å². The number of nitrogens with zero attached hydrogens (tertiary/aromatic N) is 5. The van der Waals surface area contributed by atoms with Crippen molar-refractivity contribution >= 4 is 5.91 Å². The molecule has 3 atom stereocenters. The number of nitrogens with one attached hydrogen (secondary N) is 2. The van der Waals surface area contributed by atoms with Crippen LogP contribution in [0, 0.1) is 11.8 Å². The highest BCUT2D eigenvalue weighted by Crippen LogP contribution is 2.27. The van der Waals surface area contributed by atoms with E-state index in [4.69, 9.17) is 0 Å². The van der Waals surface area contributed by atoms with Crippen LogP contribution < -0.4 is 10.9 Å². The Kier molecular flexibility index (Phi) is 5.45. The van der Waals surface area contributed by atoms with Gasteiger partial charge in [-0.05, 0) is 52.8 Å². The van der Waals surface area contributed by atoms with Crippen LogP contribution >= 0.6 is 0 Å². The van der Waals surface area contributed by atoms with Crippen molar-refractivity contribution in [3.05, 3.63) is 36.2 Å². The first-order valence-corrected chi connectivity index (χ1v) is 9.83. The van der Waals surface area contributed by atoms with Crippen molar-refractivity contribution < 1.29 is 4.79 Å². The highest BCUT2D eigenvalue weighted by Gasteiger charge is 2.35. The predicted molar refractivity (Wildman–Crippen MR) is 101 cm³/mol. The lowest BCUT2D eigenvalue weighted by atomic mass is 9.83. The molecule has 3 heterocycles. The molecule has 4 rings (SSSR count). The number of amides is 1. The topological polar surface area (TPSA) is 88.0 Å². The lowest BCUT2D eigenvalue weighted by Crippen LogP contribution is -2.48. The van der Waals surface area contributed by atoms with Gasteiger partial charge in [0.15, 0.2) is 0 Å². The molecule has 2 aliphatic heterocycles. The second kappa shape index (κ2) is 8.14. The molecule has 0 aliphatic carbocycles. The van der Waals surface area contributed by atoms with Crippen LogP contribution in [0.1, 0.15) is 31.7 Å². The monoisotopic (exact) mass is 369 g/mol. The summed E-state index contributed by atoms with van der Waals surface area (Å²) in [6, 6.07) is 8.31. The second-order valence-corrected chi connectivity index (χ2v) is 7.56. The first kappa shape index (κ1) is 18.1. The third-order valence-corrected chi connectivity index (χ3v) is 5.89. The van der Waals surface area contributed by atoms with Gasteiger partial charge in [0.05, 0.1) is 12.1 Å². The molecule has 2 aliphatic rings. The molecule has 2 fully saturated rings. The Morgan fingerprint density at radius 1 is 1.30 bits per heavy atom. The average molecular weight is 369 g/mol. The van der Waals surface area contributed by atoms with E-state index in [-0.39, 0.29) is 5.91 Å². The molecular formula is C19H27N7O. The third-order valence-electron chi connectivity index (χ3n) is 5.89. The summed E-state index contributed by atoms with van der Waals surface area (Å²) in [5, 5.41) is 11.2. The van der Waals surface area contributed by atoms with Crippen LogP contribution in [-0.2, 0) is 11.2 Å². The van der Waals surface area contributed by atoms with E-state index in [1.807, 2.05) is 24.3 Å². The SMILES string of the molecule is CCC1CNNC1C1CCCN(C(=O)Cc2ccc(-n3cnnn3)cc2)C1. The zero-order valence-corrected chi connectivity index (χ0v) is 15.7. The molecule has 27 heavy (non-hydrogen) atoms. The van der Waals surface area contributed by atoms with Crippen LogP contribution in [0.3, 0.4) is 0 Å². The number of rotatable bonds is 5. The highest BCUT2D eigenvalue weighted by molar-refractivity contribution is 5.79. The van der Waals surface area contributed by atoms with Gasteiger partial charge >= 0.3 is 0 Å². The Morgan fingerprint density at radius 2 is 2.15 bits per heavy atom. The Bertz CT molecular complexity index is 746. The van der Waals surface area contributed by atoms with E-state index in [9.17, 15) is 4.79 Å². The van der Waals surface area contributed by atoms with E-state index in [0.717, 1.165) is 37.3 Å². The first-order valence-electron chi connectivity index (χ1n) is 9.83. The summed E-state index contributed by atoms with van der Waals surface area (Å²) in [6.45, 7) is 5.00. The van der Waals surface area contributed by atoms with Crippen LogP contribution in [-0.4, -0.2) is 56.7 Å². The summed E-state index contributed by atoms with van der Waals surface area (Å²) in [5.41, 5.74) is 8.66. The minimum Gasteiger partial charge on any atom is -0.342 e. The van der Waals surface area contributed by atoms with E-state index in [0.29, 0.717) is 24.3 Å². The second-order valence-electron chi connectivity index (χ2n) is 7.56. The number of piperidine rings is 1. The fourth-order valence-electron chi connectivity index (χ4n) is 4.32. The maximum Gasteiger partial charge on any atom is 0.226 e. The van der Waals surface area contributed by atoms with Gasteiger partial charge in [0, 0.05) is 25.7 Å². The first-order chi connectivity index (χ1) is 13.2. The summed E-state index contributed by atoms with van der Waals surface area (Å²) in [7, 11) is 0. The molecule has 2 N–H and O–H groups in total. The average Bonchev–Trinajstić information content (AvgIpc) is 3.40. The minimum absolute atomic E-state index is 0.217. The van der Waals surface area contributed by atoms with Gasteiger partial charge in [0.1, 0.15) is 6.33 Å². The van der Waals surface area contributed by atoms with Gasteiger partial charge in [0.2, 0.25) is 5.91 Å². The molecule has 2 saturated heterocycles. The van der Waals surface area contributed by atoms with E-state index < -0.39 is 0 Å². The fourth-order valence-corrected chi connectivity index (χ4v) is 4.32. The summed E-state index contributed by atoms with van der Waals surface area (Å²) in [6.07, 6.45) is 5.45. The lowest BCUT2D eigenvalue weighted by Gasteiger charge is -2.37. The van der Waals surface area contributed by atoms with Gasteiger partial charge < -0.3 is 4.90 Å². The standard InChI is InChI=1S/C19H27N7O/c1-2-15-11-20-22-19(15)16-4-3-9-25(12-16)18(27)10-14-5-7-17(8-6-14)26-13-21-23-24-26/h5-8,13,15-16,19-20,22H,2-4,9-12H2,1H3. The Balaban J connectivity index is 1.36. The zero-order chi connectivity index (χ0) is 18.6. The van der Waals surface area contributed by atoms with Crippen LogP contribution in [0.5, 0.6) is 0 Å². The van der Waals surface area contributed by atoms with Crippen molar-refractivity contribution in [2.24, 2.45) is 11.8 Å². The number of hydrogen-bond acceptors (Lipinski definition) is 6. The minimum atomic E-state index is 0.217. The van der Waals surface area contributed by atoms with Gasteiger partial charge in [-0.25, -0.2) is 4.68 Å².